The van der Waals surface area contributed by atoms with Crippen molar-refractivity contribution in [3.63, 3.8) is 0 Å². The first-order chi connectivity index (χ1) is 17.7. The number of halogens is 1. The second kappa shape index (κ2) is 9.95. The van der Waals surface area contributed by atoms with Gasteiger partial charge < -0.3 is 14.5 Å². The number of hydrogen-bond acceptors (Lipinski definition) is 6. The standard InChI is InChI=1S/C28H31FN4O3S/c1-6-23(34)31-12-18(4)32(13-17(31)3)27-22-11-16(2)24(19-7-9-20(29)10-8-19)26-25(22)33(28(35)30-27)21(14-36-5)15-37-26/h6-11,17-18,21H,1,12-15H2,2-5H3/t17-,18+,21+/m1/s1. The summed E-state index contributed by atoms with van der Waals surface area (Å²) in [5, 5.41) is 0.897. The van der Waals surface area contributed by atoms with E-state index in [0.29, 0.717) is 31.3 Å². The number of ether oxygens (including phenoxy) is 1. The van der Waals surface area contributed by atoms with Crippen molar-refractivity contribution in [2.45, 2.75) is 43.8 Å². The van der Waals surface area contributed by atoms with Crippen LogP contribution in [0.4, 0.5) is 10.2 Å². The average Bonchev–Trinajstić information content (AvgIpc) is 2.88. The largest absolute Gasteiger partial charge is 0.383 e. The minimum absolute atomic E-state index is 0.0445. The highest BCUT2D eigenvalue weighted by molar-refractivity contribution is 7.99. The third kappa shape index (κ3) is 4.34. The lowest BCUT2D eigenvalue weighted by molar-refractivity contribution is -0.128. The number of nitrogens with zero attached hydrogens (tertiary/aromatic N) is 4. The molecule has 194 valence electrons. The molecule has 1 saturated heterocycles. The number of methoxy groups -OCH3 is 1. The molecule has 0 spiro atoms. The van der Waals surface area contributed by atoms with E-state index in [4.69, 9.17) is 4.74 Å². The maximum absolute atomic E-state index is 13.7. The van der Waals surface area contributed by atoms with Crippen molar-refractivity contribution in [2.24, 2.45) is 0 Å². The van der Waals surface area contributed by atoms with Crippen LogP contribution in [0.5, 0.6) is 0 Å². The van der Waals surface area contributed by atoms with Crippen LogP contribution in [0.2, 0.25) is 0 Å². The van der Waals surface area contributed by atoms with E-state index in [-0.39, 0.29) is 35.5 Å². The summed E-state index contributed by atoms with van der Waals surface area (Å²) in [7, 11) is 1.64. The molecule has 1 fully saturated rings. The van der Waals surface area contributed by atoms with Gasteiger partial charge in [-0.3, -0.25) is 9.36 Å². The monoisotopic (exact) mass is 522 g/mol. The van der Waals surface area contributed by atoms with Crippen LogP contribution in [0.25, 0.3) is 22.0 Å². The van der Waals surface area contributed by atoms with Crippen molar-refractivity contribution in [3.05, 3.63) is 64.9 Å². The zero-order chi connectivity index (χ0) is 26.4. The van der Waals surface area contributed by atoms with E-state index in [2.05, 4.69) is 22.5 Å². The third-order valence-electron chi connectivity index (χ3n) is 7.33. The summed E-state index contributed by atoms with van der Waals surface area (Å²) in [5.41, 5.74) is 3.46. The molecular weight excluding hydrogens is 491 g/mol. The molecule has 0 unspecified atom stereocenters. The van der Waals surface area contributed by atoms with Gasteiger partial charge in [0.05, 0.1) is 18.2 Å². The molecule has 3 aromatic rings. The fourth-order valence-corrected chi connectivity index (χ4v) is 6.95. The second-order valence-electron chi connectivity index (χ2n) is 9.85. The molecular formula is C28H31FN4O3S. The molecule has 1 aromatic heterocycles. The van der Waals surface area contributed by atoms with Crippen LogP contribution in [-0.4, -0.2) is 65.0 Å². The number of carbonyl (C=O) groups is 1. The summed E-state index contributed by atoms with van der Waals surface area (Å²) in [6.45, 7) is 11.2. The van der Waals surface area contributed by atoms with Gasteiger partial charge in [-0.15, -0.1) is 11.8 Å². The molecule has 0 saturated carbocycles. The van der Waals surface area contributed by atoms with E-state index in [1.165, 1.54) is 18.2 Å². The summed E-state index contributed by atoms with van der Waals surface area (Å²) < 4.78 is 20.9. The van der Waals surface area contributed by atoms with Crippen LogP contribution in [0.15, 0.2) is 52.7 Å². The molecule has 0 bridgehead atoms. The predicted octanol–water partition coefficient (Wildman–Crippen LogP) is 4.42. The van der Waals surface area contributed by atoms with Crippen molar-refractivity contribution in [2.75, 3.05) is 37.5 Å². The SMILES string of the molecule is C=CC(=O)N1C[C@H](C)N(c2nc(=O)n3c4c(c(-c5ccc(F)cc5)c(C)cc24)SC[C@@H]3COC)C[C@H]1C. The van der Waals surface area contributed by atoms with Gasteiger partial charge in [-0.1, -0.05) is 18.7 Å². The molecule has 3 heterocycles. The second-order valence-corrected chi connectivity index (χ2v) is 10.9. The number of carbonyl (C=O) groups excluding carboxylic acids is 1. The Bertz CT molecular complexity index is 1440. The highest BCUT2D eigenvalue weighted by Crippen LogP contribution is 2.46. The van der Waals surface area contributed by atoms with Gasteiger partial charge in [0.2, 0.25) is 5.91 Å². The smallest absolute Gasteiger partial charge is 0.350 e. The van der Waals surface area contributed by atoms with E-state index < -0.39 is 0 Å². The van der Waals surface area contributed by atoms with Gasteiger partial charge in [0.25, 0.3) is 0 Å². The molecule has 3 atom stereocenters. The Morgan fingerprint density at radius 1 is 1.24 bits per heavy atom. The lowest BCUT2D eigenvalue weighted by Gasteiger charge is -2.45. The number of aryl methyl sites for hydroxylation is 1. The lowest BCUT2D eigenvalue weighted by Crippen LogP contribution is -2.58. The third-order valence-corrected chi connectivity index (χ3v) is 8.57. The van der Waals surface area contributed by atoms with Gasteiger partial charge >= 0.3 is 5.69 Å². The summed E-state index contributed by atoms with van der Waals surface area (Å²) in [6.07, 6.45) is 1.35. The quantitative estimate of drug-likeness (QED) is 0.463. The number of thioether (sulfide) groups is 1. The van der Waals surface area contributed by atoms with Crippen molar-refractivity contribution < 1.29 is 13.9 Å². The Morgan fingerprint density at radius 2 is 1.97 bits per heavy atom. The van der Waals surface area contributed by atoms with Gasteiger partial charge in [0, 0.05) is 53.9 Å². The molecule has 9 heteroatoms. The topological polar surface area (TPSA) is 67.7 Å². The van der Waals surface area contributed by atoms with E-state index in [0.717, 1.165) is 32.5 Å². The van der Waals surface area contributed by atoms with Gasteiger partial charge in [-0.2, -0.15) is 4.98 Å². The molecule has 1 amide bonds. The number of benzene rings is 2. The van der Waals surface area contributed by atoms with Gasteiger partial charge in [-0.05, 0) is 56.2 Å². The van der Waals surface area contributed by atoms with Gasteiger partial charge in [0.15, 0.2) is 0 Å². The number of aromatic nitrogens is 2. The Balaban J connectivity index is 1.74. The summed E-state index contributed by atoms with van der Waals surface area (Å²) in [5.74, 6) is 0.923. The van der Waals surface area contributed by atoms with E-state index >= 15 is 0 Å². The zero-order valence-electron chi connectivity index (χ0n) is 21.5. The van der Waals surface area contributed by atoms with Crippen molar-refractivity contribution in [3.8, 4) is 11.1 Å². The average molecular weight is 523 g/mol. The normalized spacial score (nSPS) is 21.4. The van der Waals surface area contributed by atoms with Crippen molar-refractivity contribution in [1.29, 1.82) is 0 Å². The number of hydrogen-bond donors (Lipinski definition) is 0. The first kappa shape index (κ1) is 25.5. The number of anilines is 1. The van der Waals surface area contributed by atoms with Crippen molar-refractivity contribution in [1.82, 2.24) is 14.5 Å². The van der Waals surface area contributed by atoms with Crippen molar-refractivity contribution >= 4 is 34.4 Å². The van der Waals surface area contributed by atoms with Crippen LogP contribution < -0.4 is 10.6 Å². The zero-order valence-corrected chi connectivity index (χ0v) is 22.3. The first-order valence-corrected chi connectivity index (χ1v) is 13.4. The minimum atomic E-state index is -0.315. The predicted molar refractivity (Wildman–Crippen MR) is 146 cm³/mol. The van der Waals surface area contributed by atoms with Crippen LogP contribution >= 0.6 is 11.8 Å². The highest BCUT2D eigenvalue weighted by atomic mass is 32.2. The molecule has 0 radical (unpaired) electrons. The molecule has 37 heavy (non-hydrogen) atoms. The Hall–Kier alpha value is -3.17. The Kier molecular flexibility index (Phi) is 6.85. The van der Waals surface area contributed by atoms with E-state index in [1.807, 2.05) is 25.7 Å². The molecule has 2 aliphatic heterocycles. The van der Waals surface area contributed by atoms with Crippen LogP contribution in [0.3, 0.4) is 0 Å². The number of rotatable bonds is 5. The van der Waals surface area contributed by atoms with Crippen LogP contribution in [-0.2, 0) is 9.53 Å². The van der Waals surface area contributed by atoms with Crippen LogP contribution in [0, 0.1) is 12.7 Å². The summed E-state index contributed by atoms with van der Waals surface area (Å²) in [6, 6.07) is 8.32. The fraction of sp³-hybridized carbons (Fsp3) is 0.393. The van der Waals surface area contributed by atoms with Gasteiger partial charge in [0.1, 0.15) is 11.6 Å². The minimum Gasteiger partial charge on any atom is -0.383 e. The van der Waals surface area contributed by atoms with Gasteiger partial charge in [-0.25, -0.2) is 9.18 Å². The first-order valence-electron chi connectivity index (χ1n) is 12.4. The molecule has 0 aliphatic carbocycles. The summed E-state index contributed by atoms with van der Waals surface area (Å²) in [4.78, 5) is 35.6. The highest BCUT2D eigenvalue weighted by Gasteiger charge is 2.35. The van der Waals surface area contributed by atoms with Crippen LogP contribution in [0.1, 0.15) is 25.5 Å². The molecule has 5 rings (SSSR count). The van der Waals surface area contributed by atoms with E-state index in [9.17, 15) is 14.0 Å². The Morgan fingerprint density at radius 3 is 2.65 bits per heavy atom. The lowest BCUT2D eigenvalue weighted by atomic mass is 9.97. The molecule has 7 nitrogen and oxygen atoms in total. The Labute approximate surface area is 219 Å². The maximum Gasteiger partial charge on any atom is 0.350 e. The molecule has 0 N–H and O–H groups in total. The fourth-order valence-electron chi connectivity index (χ4n) is 5.58. The number of amides is 1. The van der Waals surface area contributed by atoms with E-state index in [1.54, 1.807) is 35.6 Å². The number of piperazine rings is 1. The molecule has 2 aliphatic rings. The molecule has 2 aromatic carbocycles. The maximum atomic E-state index is 13.7. The summed E-state index contributed by atoms with van der Waals surface area (Å²) >= 11 is 1.70.